The van der Waals surface area contributed by atoms with Crippen molar-refractivity contribution in [3.63, 3.8) is 0 Å². The molecule has 0 nitrogen and oxygen atoms in total. The van der Waals surface area contributed by atoms with E-state index in [1.165, 1.54) is 0 Å². The molecular weight excluding hydrogens is 278 g/mol. The monoisotopic (exact) mass is 298 g/mol. The fourth-order valence-corrected chi connectivity index (χ4v) is 2.49. The van der Waals surface area contributed by atoms with E-state index in [1.54, 1.807) is 42.6 Å². The lowest BCUT2D eigenvalue weighted by molar-refractivity contribution is 0.656. The highest BCUT2D eigenvalue weighted by Crippen LogP contribution is 2.27. The second-order valence-electron chi connectivity index (χ2n) is 4.69. The maximum Gasteiger partial charge on any atom is 0.126 e. The fourth-order valence-electron chi connectivity index (χ4n) is 1.67. The highest BCUT2D eigenvalue weighted by atomic mass is 32.1. The first-order chi connectivity index (χ1) is 9.99. The van der Waals surface area contributed by atoms with Crippen LogP contribution < -0.4 is 0 Å². The van der Waals surface area contributed by atoms with E-state index in [9.17, 15) is 4.39 Å². The van der Waals surface area contributed by atoms with Crippen LogP contribution in [-0.2, 0) is 0 Å². The van der Waals surface area contributed by atoms with Crippen molar-refractivity contribution in [2.45, 2.75) is 27.2 Å². The first-order valence-corrected chi connectivity index (χ1v) is 7.75. The third-order valence-corrected chi connectivity index (χ3v) is 4.18. The molecule has 3 heteroatoms. The van der Waals surface area contributed by atoms with Gasteiger partial charge in [-0.1, -0.05) is 43.3 Å². The lowest BCUT2D eigenvalue weighted by Crippen LogP contribution is -1.86. The molecule has 21 heavy (non-hydrogen) atoms. The zero-order valence-corrected chi connectivity index (χ0v) is 13.6. The van der Waals surface area contributed by atoms with Crippen LogP contribution in [-0.4, -0.2) is 7.85 Å². The molecule has 0 saturated heterocycles. The second kappa shape index (κ2) is 8.63. The van der Waals surface area contributed by atoms with E-state index < -0.39 is 0 Å². The molecule has 0 unspecified atom stereocenters. The molecule has 0 aliphatic heterocycles. The Bertz CT molecular complexity index is 601. The summed E-state index contributed by atoms with van der Waals surface area (Å²) in [6, 6.07) is 3.99. The van der Waals surface area contributed by atoms with Crippen LogP contribution in [0.25, 0.3) is 5.57 Å². The molecule has 2 radical (unpaired) electrons. The Morgan fingerprint density at radius 2 is 2.10 bits per heavy atom. The highest BCUT2D eigenvalue weighted by Gasteiger charge is 2.05. The number of rotatable bonds is 6. The van der Waals surface area contributed by atoms with Crippen LogP contribution in [0.5, 0.6) is 0 Å². The Labute approximate surface area is 132 Å². The van der Waals surface area contributed by atoms with E-state index in [2.05, 4.69) is 6.58 Å². The van der Waals surface area contributed by atoms with Gasteiger partial charge in [0.15, 0.2) is 0 Å². The summed E-state index contributed by atoms with van der Waals surface area (Å²) in [4.78, 5) is 1.11. The fraction of sp³-hybridized carbons (Fsp3) is 0.222. The average Bonchev–Trinajstić information content (AvgIpc) is 3.02. The lowest BCUT2D eigenvalue weighted by Gasteiger charge is -2.05. The highest BCUT2D eigenvalue weighted by molar-refractivity contribution is 7.11. The third-order valence-electron chi connectivity index (χ3n) is 3.23. The minimum absolute atomic E-state index is 0.209. The lowest BCUT2D eigenvalue weighted by atomic mass is 9.94. The van der Waals surface area contributed by atoms with Crippen LogP contribution in [0.15, 0.2) is 70.8 Å². The van der Waals surface area contributed by atoms with Crippen molar-refractivity contribution in [1.29, 1.82) is 0 Å². The predicted molar refractivity (Wildman–Crippen MR) is 94.2 cm³/mol. The van der Waals surface area contributed by atoms with E-state index in [4.69, 9.17) is 7.85 Å². The molecule has 1 heterocycles. The Kier molecular flexibility index (Phi) is 7.17. The number of halogens is 1. The molecule has 0 amide bonds. The summed E-state index contributed by atoms with van der Waals surface area (Å²) < 4.78 is 14.4. The molecule has 0 aromatic carbocycles. The summed E-state index contributed by atoms with van der Waals surface area (Å²) >= 11 is 1.63. The molecule has 1 rings (SSSR count). The molecule has 1 aromatic rings. The van der Waals surface area contributed by atoms with Crippen molar-refractivity contribution in [1.82, 2.24) is 0 Å². The standard InChI is InChI=1S/C18H20BFS/c1-5-15(18-8-7-11-21-18)12-17(20)14(4)13(3)9-10-16(19)6-2/h6-12H,2,5H2,1,3-4H3/b13-9+,15-12+,16-10+,17-14-. The van der Waals surface area contributed by atoms with Crippen LogP contribution in [0.4, 0.5) is 4.39 Å². The molecule has 0 spiro atoms. The van der Waals surface area contributed by atoms with Crippen molar-refractivity contribution in [2.75, 3.05) is 0 Å². The van der Waals surface area contributed by atoms with Gasteiger partial charge in [-0.25, -0.2) is 4.39 Å². The number of hydrogen-bond acceptors (Lipinski definition) is 1. The van der Waals surface area contributed by atoms with Gasteiger partial charge in [0.1, 0.15) is 13.7 Å². The largest absolute Gasteiger partial charge is 0.207 e. The Hall–Kier alpha value is -1.61. The molecule has 0 aliphatic rings. The van der Waals surface area contributed by atoms with Gasteiger partial charge < -0.3 is 0 Å². The van der Waals surface area contributed by atoms with Gasteiger partial charge in [0.25, 0.3) is 0 Å². The van der Waals surface area contributed by atoms with Crippen LogP contribution in [0.2, 0.25) is 0 Å². The van der Waals surface area contributed by atoms with Crippen molar-refractivity contribution in [2.24, 2.45) is 0 Å². The summed E-state index contributed by atoms with van der Waals surface area (Å²) in [7, 11) is 5.64. The molecule has 0 fully saturated rings. The molecule has 108 valence electrons. The quantitative estimate of drug-likeness (QED) is 0.448. The van der Waals surface area contributed by atoms with Gasteiger partial charge in [0.2, 0.25) is 0 Å². The molecule has 1 aromatic heterocycles. The van der Waals surface area contributed by atoms with Crippen molar-refractivity contribution in [3.05, 3.63) is 75.7 Å². The summed E-state index contributed by atoms with van der Waals surface area (Å²) in [5.41, 5.74) is 3.03. The predicted octanol–water partition coefficient (Wildman–Crippen LogP) is 5.97. The molecule has 0 N–H and O–H groups in total. The average molecular weight is 298 g/mol. The molecule has 0 saturated carbocycles. The van der Waals surface area contributed by atoms with Crippen molar-refractivity contribution in [3.8, 4) is 0 Å². The minimum atomic E-state index is -0.209. The maximum atomic E-state index is 14.4. The normalized spacial score (nSPS) is 15.0. The molecule has 0 aliphatic carbocycles. The Balaban J connectivity index is 3.08. The van der Waals surface area contributed by atoms with E-state index in [1.807, 2.05) is 31.4 Å². The first kappa shape index (κ1) is 17.4. The third kappa shape index (κ3) is 5.35. The van der Waals surface area contributed by atoms with Gasteiger partial charge in [-0.15, -0.1) is 11.3 Å². The molecular formula is C18H20BFS. The van der Waals surface area contributed by atoms with Crippen molar-refractivity contribution >= 4 is 24.8 Å². The van der Waals surface area contributed by atoms with Crippen LogP contribution in [0.3, 0.4) is 0 Å². The smallest absolute Gasteiger partial charge is 0.126 e. The Morgan fingerprint density at radius 3 is 2.62 bits per heavy atom. The SMILES string of the molecule is [B]/C(C=C)=C/C=C(C)/C(C)=C(F)/C=C(\CC)c1cccs1. The van der Waals surface area contributed by atoms with Gasteiger partial charge >= 0.3 is 0 Å². The van der Waals surface area contributed by atoms with E-state index in [0.717, 1.165) is 22.4 Å². The zero-order chi connectivity index (χ0) is 15.8. The molecule has 0 bridgehead atoms. The topological polar surface area (TPSA) is 0 Å². The first-order valence-electron chi connectivity index (χ1n) is 6.87. The minimum Gasteiger partial charge on any atom is -0.207 e. The van der Waals surface area contributed by atoms with Gasteiger partial charge in [0.05, 0.1) is 0 Å². The maximum absolute atomic E-state index is 14.4. The summed E-state index contributed by atoms with van der Waals surface area (Å²) in [5.74, 6) is -0.209. The number of thiophene rings is 1. The van der Waals surface area contributed by atoms with E-state index >= 15 is 0 Å². The van der Waals surface area contributed by atoms with Gasteiger partial charge in [-0.05, 0) is 54.5 Å². The number of allylic oxidation sites excluding steroid dienone is 9. The van der Waals surface area contributed by atoms with E-state index in [-0.39, 0.29) is 5.83 Å². The number of hydrogen-bond donors (Lipinski definition) is 0. The summed E-state index contributed by atoms with van der Waals surface area (Å²) in [6.45, 7) is 9.26. The Morgan fingerprint density at radius 1 is 1.38 bits per heavy atom. The van der Waals surface area contributed by atoms with Gasteiger partial charge in [-0.2, -0.15) is 0 Å². The van der Waals surface area contributed by atoms with Crippen LogP contribution in [0.1, 0.15) is 32.1 Å². The summed E-state index contributed by atoms with van der Waals surface area (Å²) in [5, 5.41) is 2.00. The van der Waals surface area contributed by atoms with E-state index in [0.29, 0.717) is 11.0 Å². The molecule has 0 atom stereocenters. The second-order valence-corrected chi connectivity index (χ2v) is 5.64. The van der Waals surface area contributed by atoms with Crippen LogP contribution >= 0.6 is 11.3 Å². The van der Waals surface area contributed by atoms with Crippen molar-refractivity contribution < 1.29 is 4.39 Å². The van der Waals surface area contributed by atoms with Gasteiger partial charge in [-0.3, -0.25) is 0 Å². The van der Waals surface area contributed by atoms with Gasteiger partial charge in [0, 0.05) is 4.88 Å². The summed E-state index contributed by atoms with van der Waals surface area (Å²) in [6.07, 6.45) is 7.51. The zero-order valence-electron chi connectivity index (χ0n) is 12.8. The van der Waals surface area contributed by atoms with Crippen LogP contribution in [0, 0.1) is 0 Å².